The molecule has 11 heteroatoms. The Morgan fingerprint density at radius 3 is 2.63 bits per heavy atom. The van der Waals surface area contributed by atoms with Crippen LogP contribution in [0.5, 0.6) is 11.6 Å². The van der Waals surface area contributed by atoms with Crippen LogP contribution in [0.1, 0.15) is 39.8 Å². The summed E-state index contributed by atoms with van der Waals surface area (Å²) in [6, 6.07) is 13.9. The third-order valence-corrected chi connectivity index (χ3v) is 9.07. The summed E-state index contributed by atoms with van der Waals surface area (Å²) in [6.07, 6.45) is 1.12. The van der Waals surface area contributed by atoms with Gasteiger partial charge in [-0.2, -0.15) is 0 Å². The van der Waals surface area contributed by atoms with Gasteiger partial charge in [-0.3, -0.25) is 4.90 Å². The molecule has 0 spiro atoms. The van der Waals surface area contributed by atoms with Crippen LogP contribution in [0.3, 0.4) is 0 Å². The molecule has 0 amide bonds. The summed E-state index contributed by atoms with van der Waals surface area (Å²) < 4.78 is 38.5. The van der Waals surface area contributed by atoms with Crippen LogP contribution in [0, 0.1) is 17.7 Å². The molecule has 2 saturated heterocycles. The van der Waals surface area contributed by atoms with E-state index in [4.69, 9.17) is 40.5 Å². The lowest BCUT2D eigenvalue weighted by Gasteiger charge is -2.28. The summed E-state index contributed by atoms with van der Waals surface area (Å²) in [6.45, 7) is 4.07. The summed E-state index contributed by atoms with van der Waals surface area (Å²) >= 11 is 5.86. The number of fused-ring (bicyclic) bond motifs is 2. The zero-order chi connectivity index (χ0) is 29.7. The second-order valence-corrected chi connectivity index (χ2v) is 11.9. The molecule has 0 unspecified atom stereocenters. The molecule has 1 saturated carbocycles. The molecule has 43 heavy (non-hydrogen) atoms. The number of imidazole rings is 1. The van der Waals surface area contributed by atoms with Crippen LogP contribution in [-0.4, -0.2) is 65.4 Å². The minimum absolute atomic E-state index is 0.0869. The van der Waals surface area contributed by atoms with Crippen molar-refractivity contribution in [1.82, 2.24) is 19.4 Å². The summed E-state index contributed by atoms with van der Waals surface area (Å²) in [5, 5.41) is 0.354. The summed E-state index contributed by atoms with van der Waals surface area (Å²) in [4.78, 5) is 24.6. The van der Waals surface area contributed by atoms with E-state index in [1.807, 2.05) is 18.2 Å². The van der Waals surface area contributed by atoms with Crippen molar-refractivity contribution in [3.63, 3.8) is 0 Å². The molecule has 2 aromatic heterocycles. The van der Waals surface area contributed by atoms with Crippen LogP contribution in [0.4, 0.5) is 4.39 Å². The maximum atomic E-state index is 14.2. The number of methoxy groups -OCH3 is 2. The van der Waals surface area contributed by atoms with E-state index < -0.39 is 11.8 Å². The predicted octanol–water partition coefficient (Wildman–Crippen LogP) is 5.23. The van der Waals surface area contributed by atoms with E-state index in [0.717, 1.165) is 48.7 Å². The van der Waals surface area contributed by atoms with Crippen LogP contribution < -0.4 is 9.47 Å². The van der Waals surface area contributed by atoms with Crippen molar-refractivity contribution in [2.75, 3.05) is 33.9 Å². The number of likely N-dealkylation sites (tertiary alicyclic amines) is 1. The number of nitrogens with zero attached hydrogens (tertiary/aromatic N) is 4. The fraction of sp³-hybridized carbons (Fsp3) is 0.406. The number of hydrogen-bond donors (Lipinski definition) is 0. The largest absolute Gasteiger partial charge is 0.494 e. The van der Waals surface area contributed by atoms with E-state index in [1.165, 1.54) is 13.2 Å². The summed E-state index contributed by atoms with van der Waals surface area (Å²) in [5.74, 6) is 2.53. The molecule has 1 aliphatic carbocycles. The fourth-order valence-corrected chi connectivity index (χ4v) is 6.62. The zero-order valence-electron chi connectivity index (χ0n) is 24.0. The van der Waals surface area contributed by atoms with Crippen molar-refractivity contribution in [3.8, 4) is 11.6 Å². The van der Waals surface area contributed by atoms with Gasteiger partial charge in [0.15, 0.2) is 0 Å². The molecular formula is C32H32ClFN4O5. The van der Waals surface area contributed by atoms with Crippen LogP contribution in [0.25, 0.3) is 11.0 Å². The van der Waals surface area contributed by atoms with Gasteiger partial charge in [-0.25, -0.2) is 19.2 Å². The number of carbonyl (C=O) groups is 1. The fourth-order valence-electron chi connectivity index (χ4n) is 6.46. The van der Waals surface area contributed by atoms with Crippen molar-refractivity contribution in [3.05, 3.63) is 82.0 Å². The van der Waals surface area contributed by atoms with Crippen molar-refractivity contribution < 1.29 is 28.1 Å². The number of rotatable bonds is 10. The average molecular weight is 607 g/mol. The highest BCUT2D eigenvalue weighted by atomic mass is 35.5. The molecule has 4 heterocycles. The van der Waals surface area contributed by atoms with Gasteiger partial charge in [0.1, 0.15) is 29.5 Å². The predicted molar refractivity (Wildman–Crippen MR) is 157 cm³/mol. The lowest BCUT2D eigenvalue weighted by molar-refractivity contribution is -0.0591. The topological polar surface area (TPSA) is 87.9 Å². The van der Waals surface area contributed by atoms with Crippen LogP contribution >= 0.6 is 11.6 Å². The van der Waals surface area contributed by atoms with Gasteiger partial charge in [0, 0.05) is 48.0 Å². The highest BCUT2D eigenvalue weighted by Crippen LogP contribution is 2.58. The van der Waals surface area contributed by atoms with E-state index in [0.29, 0.717) is 58.6 Å². The Labute approximate surface area is 253 Å². The zero-order valence-corrected chi connectivity index (χ0v) is 24.7. The third kappa shape index (κ3) is 5.43. The molecule has 4 atom stereocenters. The van der Waals surface area contributed by atoms with Gasteiger partial charge < -0.3 is 23.5 Å². The Bertz CT molecular complexity index is 1680. The molecule has 2 aliphatic heterocycles. The van der Waals surface area contributed by atoms with Gasteiger partial charge in [0.2, 0.25) is 5.88 Å². The van der Waals surface area contributed by atoms with Crippen molar-refractivity contribution in [2.24, 2.45) is 11.8 Å². The molecule has 3 fully saturated rings. The van der Waals surface area contributed by atoms with Crippen LogP contribution in [0.2, 0.25) is 5.02 Å². The number of esters is 1. The Hall–Kier alpha value is -3.73. The lowest BCUT2D eigenvalue weighted by Crippen LogP contribution is -2.33. The molecule has 0 radical (unpaired) electrons. The highest BCUT2D eigenvalue weighted by Gasteiger charge is 2.57. The Balaban J connectivity index is 1.05. The Kier molecular flexibility index (Phi) is 7.44. The number of carbonyl (C=O) groups excluding carboxylic acids is 1. The number of halogens is 2. The van der Waals surface area contributed by atoms with Crippen LogP contribution in [-0.2, 0) is 29.2 Å². The monoisotopic (exact) mass is 606 g/mol. The first-order valence-corrected chi connectivity index (χ1v) is 14.8. The normalized spacial score (nSPS) is 22.7. The van der Waals surface area contributed by atoms with Gasteiger partial charge in [0.25, 0.3) is 0 Å². The minimum atomic E-state index is -0.416. The quantitative estimate of drug-likeness (QED) is 0.227. The van der Waals surface area contributed by atoms with Crippen molar-refractivity contribution in [2.45, 2.75) is 38.1 Å². The maximum Gasteiger partial charge on any atom is 0.338 e. The number of aromatic nitrogens is 3. The molecule has 4 aromatic rings. The molecule has 3 aliphatic rings. The van der Waals surface area contributed by atoms with E-state index in [9.17, 15) is 9.18 Å². The van der Waals surface area contributed by atoms with Crippen LogP contribution in [0.15, 0.2) is 48.5 Å². The molecule has 0 bridgehead atoms. The van der Waals surface area contributed by atoms with Gasteiger partial charge >= 0.3 is 5.97 Å². The van der Waals surface area contributed by atoms with E-state index in [-0.39, 0.29) is 12.7 Å². The number of piperidine rings is 1. The number of ether oxygens (including phenoxy) is 4. The molecule has 9 nitrogen and oxygen atoms in total. The Morgan fingerprint density at radius 2 is 1.93 bits per heavy atom. The molecular weight excluding hydrogens is 575 g/mol. The first-order valence-electron chi connectivity index (χ1n) is 14.4. The van der Waals surface area contributed by atoms with E-state index >= 15 is 0 Å². The summed E-state index contributed by atoms with van der Waals surface area (Å²) in [7, 11) is 2.96. The first kappa shape index (κ1) is 28.1. The van der Waals surface area contributed by atoms with Gasteiger partial charge in [0.05, 0.1) is 44.5 Å². The van der Waals surface area contributed by atoms with Gasteiger partial charge in [-0.1, -0.05) is 23.7 Å². The van der Waals surface area contributed by atoms with E-state index in [1.54, 1.807) is 31.4 Å². The van der Waals surface area contributed by atoms with E-state index in [2.05, 4.69) is 9.47 Å². The maximum absolute atomic E-state index is 14.2. The number of benzene rings is 2. The summed E-state index contributed by atoms with van der Waals surface area (Å²) in [5.41, 5.74) is 3.44. The second kappa shape index (κ2) is 11.4. The SMILES string of the molecule is COC(=O)c1cc(OC)c2nc(CN3C[C@@H]4[C@H](C3)[C@H]4c3cccc(OCc4ccc(Cl)cc4F)n3)n(C[C@@H]3CCO3)c2c1. The van der Waals surface area contributed by atoms with Crippen molar-refractivity contribution in [1.29, 1.82) is 0 Å². The smallest absolute Gasteiger partial charge is 0.338 e. The molecule has 7 rings (SSSR count). The Morgan fingerprint density at radius 1 is 1.12 bits per heavy atom. The van der Waals surface area contributed by atoms with Gasteiger partial charge in [-0.05, 0) is 48.6 Å². The number of pyridine rings is 1. The molecule has 2 aromatic carbocycles. The third-order valence-electron chi connectivity index (χ3n) is 8.83. The first-order chi connectivity index (χ1) is 20.9. The highest BCUT2D eigenvalue weighted by molar-refractivity contribution is 6.30. The lowest BCUT2D eigenvalue weighted by atomic mass is 10.1. The van der Waals surface area contributed by atoms with Gasteiger partial charge in [-0.15, -0.1) is 0 Å². The average Bonchev–Trinajstić information content (AvgIpc) is 3.30. The molecule has 224 valence electrons. The van der Waals surface area contributed by atoms with Crippen molar-refractivity contribution >= 4 is 28.6 Å². The second-order valence-electron chi connectivity index (χ2n) is 11.4. The molecule has 0 N–H and O–H groups in total. The standard InChI is InChI=1S/C32H32ClFN4O5/c1-40-27-11-19(32(39)41-2)10-26-31(27)36-28(38(26)13-21-8-9-42-21)16-37-14-22-23(15-37)30(22)25-4-3-5-29(35-25)43-17-18-6-7-20(33)12-24(18)34/h3-7,10-12,21-23,30H,8-9,13-17H2,1-2H3/t21-,22-,23+,30+/m0/s1. The number of hydrogen-bond acceptors (Lipinski definition) is 8. The minimum Gasteiger partial charge on any atom is -0.494 e.